The lowest BCUT2D eigenvalue weighted by molar-refractivity contribution is -0.125. The van der Waals surface area contributed by atoms with E-state index in [2.05, 4.69) is 15.6 Å². The molecule has 4 heterocycles. The second kappa shape index (κ2) is 6.24. The van der Waals surface area contributed by atoms with Gasteiger partial charge in [0.1, 0.15) is 11.5 Å². The Morgan fingerprint density at radius 2 is 2.00 bits per heavy atom. The number of fused-ring (bicyclic) bond motifs is 2. The minimum absolute atomic E-state index is 0.0534. The molecule has 9 nitrogen and oxygen atoms in total. The fraction of sp³-hybridized carbons (Fsp3) is 0.190. The number of rotatable bonds is 4. The maximum atomic E-state index is 12.9. The molecule has 1 saturated heterocycles. The first-order valence-corrected chi connectivity index (χ1v) is 9.27. The molecule has 0 spiro atoms. The van der Waals surface area contributed by atoms with Crippen molar-refractivity contribution < 1.29 is 23.8 Å². The normalized spacial score (nSPS) is 18.7. The van der Waals surface area contributed by atoms with Gasteiger partial charge < -0.3 is 24.1 Å². The highest BCUT2D eigenvalue weighted by atomic mass is 16.5. The van der Waals surface area contributed by atoms with Crippen molar-refractivity contribution in [2.24, 2.45) is 0 Å². The number of furan rings is 1. The second-order valence-electron chi connectivity index (χ2n) is 7.31. The van der Waals surface area contributed by atoms with Gasteiger partial charge in [0.2, 0.25) is 5.71 Å². The molecule has 3 aromatic heterocycles. The number of carbonyl (C=O) groups is 2. The molecule has 4 aromatic rings. The van der Waals surface area contributed by atoms with E-state index < -0.39 is 17.5 Å². The number of ether oxygens (including phenoxy) is 1. The summed E-state index contributed by atoms with van der Waals surface area (Å²) in [4.78, 5) is 29.3. The molecular weight excluding hydrogens is 388 g/mol. The summed E-state index contributed by atoms with van der Waals surface area (Å²) in [6, 6.07) is 9.99. The lowest BCUT2D eigenvalue weighted by Crippen LogP contribution is -2.47. The molecule has 0 bridgehead atoms. The monoisotopic (exact) mass is 406 g/mol. The standard InChI is InChI=1S/C21H18N4O5/c1-11-3-4-12-7-16(30-17(12)22-11)21(19(27)23-20(28)24-21)10-25-9-13-5-6-14(29-2)8-15(13)18(25)26/h3-9,26H,10H2,1-2H3,(H2,23,24,27,28)/t21-/m0/s1. The van der Waals surface area contributed by atoms with Crippen molar-refractivity contribution in [3.63, 3.8) is 0 Å². The van der Waals surface area contributed by atoms with E-state index in [-0.39, 0.29) is 18.2 Å². The molecule has 0 unspecified atom stereocenters. The Balaban J connectivity index is 1.65. The van der Waals surface area contributed by atoms with Crippen LogP contribution in [0, 0.1) is 6.92 Å². The number of methoxy groups -OCH3 is 1. The average Bonchev–Trinajstić information content (AvgIpc) is 3.36. The van der Waals surface area contributed by atoms with E-state index in [4.69, 9.17) is 9.15 Å². The predicted molar refractivity (Wildman–Crippen MR) is 107 cm³/mol. The third-order valence-electron chi connectivity index (χ3n) is 5.36. The zero-order chi connectivity index (χ0) is 21.0. The van der Waals surface area contributed by atoms with Crippen LogP contribution in [0.2, 0.25) is 0 Å². The number of aromatic hydroxyl groups is 1. The molecule has 152 valence electrons. The number of amides is 3. The van der Waals surface area contributed by atoms with Crippen LogP contribution in [0.5, 0.6) is 11.6 Å². The molecule has 0 aliphatic carbocycles. The van der Waals surface area contributed by atoms with Gasteiger partial charge in [-0.05, 0) is 43.3 Å². The van der Waals surface area contributed by atoms with Gasteiger partial charge in [-0.15, -0.1) is 0 Å². The number of nitrogens with zero attached hydrogens (tertiary/aromatic N) is 2. The zero-order valence-electron chi connectivity index (χ0n) is 16.2. The Kier molecular flexibility index (Phi) is 3.76. The van der Waals surface area contributed by atoms with Crippen LogP contribution in [0.1, 0.15) is 11.5 Å². The summed E-state index contributed by atoms with van der Waals surface area (Å²) in [6.45, 7) is 1.76. The van der Waals surface area contributed by atoms with E-state index in [0.29, 0.717) is 22.2 Å². The van der Waals surface area contributed by atoms with Crippen molar-refractivity contribution in [3.8, 4) is 11.6 Å². The highest BCUT2D eigenvalue weighted by molar-refractivity contribution is 6.07. The Morgan fingerprint density at radius 1 is 1.20 bits per heavy atom. The SMILES string of the molecule is COc1ccc2cn(C[C@@]3(c4cc5ccc(C)nc5o4)NC(=O)NC3=O)c(O)c2c1. The van der Waals surface area contributed by atoms with Gasteiger partial charge in [0.25, 0.3) is 5.91 Å². The molecule has 1 aliphatic rings. The molecule has 1 fully saturated rings. The lowest BCUT2D eigenvalue weighted by atomic mass is 9.96. The lowest BCUT2D eigenvalue weighted by Gasteiger charge is -2.24. The quantitative estimate of drug-likeness (QED) is 0.448. The van der Waals surface area contributed by atoms with Crippen LogP contribution in [0.4, 0.5) is 4.79 Å². The number of hydrogen-bond acceptors (Lipinski definition) is 6. The van der Waals surface area contributed by atoms with Crippen molar-refractivity contribution in [3.05, 3.63) is 54.0 Å². The summed E-state index contributed by atoms with van der Waals surface area (Å²) in [5, 5.41) is 17.8. The number of urea groups is 1. The van der Waals surface area contributed by atoms with E-state index in [1.165, 1.54) is 4.57 Å². The van der Waals surface area contributed by atoms with Crippen molar-refractivity contribution >= 4 is 33.8 Å². The highest BCUT2D eigenvalue weighted by Crippen LogP contribution is 2.36. The topological polar surface area (TPSA) is 119 Å². The number of hydrogen-bond donors (Lipinski definition) is 3. The average molecular weight is 406 g/mol. The van der Waals surface area contributed by atoms with Crippen LogP contribution in [0.25, 0.3) is 21.9 Å². The summed E-state index contributed by atoms with van der Waals surface area (Å²) in [5.41, 5.74) is -0.409. The van der Waals surface area contributed by atoms with Gasteiger partial charge in [-0.3, -0.25) is 10.1 Å². The van der Waals surface area contributed by atoms with E-state index in [0.717, 1.165) is 11.1 Å². The van der Waals surface area contributed by atoms with Crippen LogP contribution in [0.3, 0.4) is 0 Å². The molecule has 3 N–H and O–H groups in total. The molecule has 1 aliphatic heterocycles. The number of nitrogens with one attached hydrogen (secondary N) is 2. The molecule has 0 saturated carbocycles. The van der Waals surface area contributed by atoms with Crippen LogP contribution in [-0.4, -0.2) is 33.7 Å². The van der Waals surface area contributed by atoms with Gasteiger partial charge in [-0.1, -0.05) is 0 Å². The summed E-state index contributed by atoms with van der Waals surface area (Å²) in [7, 11) is 1.54. The number of carbonyl (C=O) groups excluding carboxylic acids is 2. The molecule has 9 heteroatoms. The molecule has 5 rings (SSSR count). The fourth-order valence-corrected chi connectivity index (χ4v) is 3.80. The van der Waals surface area contributed by atoms with Crippen molar-refractivity contribution in [2.75, 3.05) is 7.11 Å². The fourth-order valence-electron chi connectivity index (χ4n) is 3.80. The molecular formula is C21H18N4O5. The number of pyridine rings is 1. The van der Waals surface area contributed by atoms with E-state index in [1.807, 2.05) is 19.1 Å². The van der Waals surface area contributed by atoms with Crippen LogP contribution in [0.15, 0.2) is 47.0 Å². The maximum absolute atomic E-state index is 12.9. The first-order chi connectivity index (χ1) is 14.4. The number of aryl methyl sites for hydroxylation is 1. The number of imide groups is 1. The summed E-state index contributed by atoms with van der Waals surface area (Å²) in [5.74, 6) is 0.199. The smallest absolute Gasteiger partial charge is 0.322 e. The Bertz CT molecular complexity index is 1340. The van der Waals surface area contributed by atoms with Gasteiger partial charge in [0, 0.05) is 28.0 Å². The van der Waals surface area contributed by atoms with Gasteiger partial charge >= 0.3 is 6.03 Å². The van der Waals surface area contributed by atoms with Crippen molar-refractivity contribution in [1.82, 2.24) is 20.2 Å². The molecule has 1 aromatic carbocycles. The van der Waals surface area contributed by atoms with Gasteiger partial charge in [-0.2, -0.15) is 0 Å². The molecule has 30 heavy (non-hydrogen) atoms. The van der Waals surface area contributed by atoms with E-state index >= 15 is 0 Å². The highest BCUT2D eigenvalue weighted by Gasteiger charge is 2.51. The van der Waals surface area contributed by atoms with Gasteiger partial charge in [-0.25, -0.2) is 9.78 Å². The van der Waals surface area contributed by atoms with Gasteiger partial charge in [0.15, 0.2) is 11.4 Å². The largest absolute Gasteiger partial charge is 0.497 e. The number of aromatic nitrogens is 2. The molecule has 1 atom stereocenters. The summed E-state index contributed by atoms with van der Waals surface area (Å²) < 4.78 is 12.6. The minimum Gasteiger partial charge on any atom is -0.497 e. The van der Waals surface area contributed by atoms with Crippen LogP contribution in [-0.2, 0) is 16.9 Å². The Hall–Kier alpha value is -4.01. The summed E-state index contributed by atoms with van der Waals surface area (Å²) >= 11 is 0. The second-order valence-corrected chi connectivity index (χ2v) is 7.31. The molecule has 0 radical (unpaired) electrons. The third kappa shape index (κ3) is 2.59. The number of benzene rings is 1. The first-order valence-electron chi connectivity index (χ1n) is 9.27. The van der Waals surface area contributed by atoms with Crippen molar-refractivity contribution in [1.29, 1.82) is 0 Å². The zero-order valence-corrected chi connectivity index (χ0v) is 16.2. The van der Waals surface area contributed by atoms with E-state index in [1.54, 1.807) is 37.6 Å². The van der Waals surface area contributed by atoms with Crippen LogP contribution < -0.4 is 15.4 Å². The van der Waals surface area contributed by atoms with Crippen molar-refractivity contribution in [2.45, 2.75) is 19.0 Å². The summed E-state index contributed by atoms with van der Waals surface area (Å²) in [6.07, 6.45) is 1.70. The molecule has 3 amide bonds. The van der Waals surface area contributed by atoms with E-state index in [9.17, 15) is 14.7 Å². The third-order valence-corrected chi connectivity index (χ3v) is 5.36. The van der Waals surface area contributed by atoms with Crippen LogP contribution >= 0.6 is 0 Å². The van der Waals surface area contributed by atoms with Gasteiger partial charge in [0.05, 0.1) is 13.7 Å². The predicted octanol–water partition coefficient (Wildman–Crippen LogP) is 2.54. The Labute approximate surface area is 170 Å². The first kappa shape index (κ1) is 18.0. The maximum Gasteiger partial charge on any atom is 0.322 e. The minimum atomic E-state index is -1.54. The Morgan fingerprint density at radius 3 is 2.73 bits per heavy atom.